The van der Waals surface area contributed by atoms with Crippen LogP contribution in [0.5, 0.6) is 0 Å². The molecule has 0 saturated carbocycles. The fourth-order valence-electron chi connectivity index (χ4n) is 2.74. The molecule has 1 aromatic heterocycles. The van der Waals surface area contributed by atoms with Gasteiger partial charge in [-0.3, -0.25) is 0 Å². The van der Waals surface area contributed by atoms with Crippen LogP contribution in [0.4, 0.5) is 11.5 Å². The van der Waals surface area contributed by atoms with Crippen molar-refractivity contribution in [3.05, 3.63) is 53.2 Å². The van der Waals surface area contributed by atoms with Crippen molar-refractivity contribution < 1.29 is 0 Å². The number of hydrogen-bond donors (Lipinski definition) is 1. The Balaban J connectivity index is 1.72. The topological polar surface area (TPSA) is 45.4 Å². The molecular formula is C16H19ClN4. The molecule has 0 unspecified atom stereocenters. The van der Waals surface area contributed by atoms with Gasteiger partial charge in [0.15, 0.2) is 0 Å². The minimum Gasteiger partial charge on any atom is -0.367 e. The predicted molar refractivity (Wildman–Crippen MR) is 88.0 cm³/mol. The van der Waals surface area contributed by atoms with Crippen molar-refractivity contribution >= 4 is 23.1 Å². The standard InChI is InChI=1S/C16H19ClN4/c17-14-5-1-2-6-15(14)20-8-10-21(11-9-20)16-13(12-18)4-3-7-19-16/h1-7H,8-12,18H2. The molecule has 0 bridgehead atoms. The van der Waals surface area contributed by atoms with E-state index in [2.05, 4.69) is 20.9 Å². The van der Waals surface area contributed by atoms with Gasteiger partial charge in [-0.15, -0.1) is 0 Å². The quantitative estimate of drug-likeness (QED) is 0.946. The molecule has 1 aromatic carbocycles. The molecule has 21 heavy (non-hydrogen) atoms. The fraction of sp³-hybridized carbons (Fsp3) is 0.312. The molecule has 2 heterocycles. The molecule has 0 radical (unpaired) electrons. The molecule has 1 aliphatic heterocycles. The van der Waals surface area contributed by atoms with E-state index in [-0.39, 0.29) is 0 Å². The maximum Gasteiger partial charge on any atom is 0.133 e. The van der Waals surface area contributed by atoms with Gasteiger partial charge in [0, 0.05) is 44.5 Å². The number of aromatic nitrogens is 1. The summed E-state index contributed by atoms with van der Waals surface area (Å²) in [5.74, 6) is 1.01. The van der Waals surface area contributed by atoms with Crippen molar-refractivity contribution in [3.8, 4) is 0 Å². The Bertz CT molecular complexity index is 609. The third-order valence-electron chi connectivity index (χ3n) is 3.86. The van der Waals surface area contributed by atoms with Gasteiger partial charge in [-0.2, -0.15) is 0 Å². The van der Waals surface area contributed by atoms with Gasteiger partial charge in [0.25, 0.3) is 0 Å². The first kappa shape index (κ1) is 14.2. The second kappa shape index (κ2) is 6.33. The lowest BCUT2D eigenvalue weighted by atomic mass is 10.2. The minimum atomic E-state index is 0.522. The van der Waals surface area contributed by atoms with E-state index in [9.17, 15) is 0 Å². The predicted octanol–water partition coefficient (Wildman–Crippen LogP) is 2.52. The summed E-state index contributed by atoms with van der Waals surface area (Å²) in [4.78, 5) is 9.11. The zero-order chi connectivity index (χ0) is 14.7. The summed E-state index contributed by atoms with van der Waals surface area (Å²) in [5.41, 5.74) is 8.01. The molecule has 5 heteroatoms. The molecule has 4 nitrogen and oxygen atoms in total. The number of hydrogen-bond acceptors (Lipinski definition) is 4. The van der Waals surface area contributed by atoms with Crippen molar-refractivity contribution in [2.45, 2.75) is 6.54 Å². The molecule has 110 valence electrons. The third-order valence-corrected chi connectivity index (χ3v) is 4.18. The lowest BCUT2D eigenvalue weighted by Gasteiger charge is -2.37. The van der Waals surface area contributed by atoms with Crippen molar-refractivity contribution in [1.82, 2.24) is 4.98 Å². The molecule has 2 N–H and O–H groups in total. The number of pyridine rings is 1. The Kier molecular flexibility index (Phi) is 4.27. The van der Waals surface area contributed by atoms with Crippen LogP contribution in [0.15, 0.2) is 42.6 Å². The molecule has 0 spiro atoms. The summed E-state index contributed by atoms with van der Waals surface area (Å²) in [5, 5.41) is 0.812. The highest BCUT2D eigenvalue weighted by atomic mass is 35.5. The molecule has 1 aliphatic rings. The van der Waals surface area contributed by atoms with Crippen LogP contribution in [0.25, 0.3) is 0 Å². The zero-order valence-corrected chi connectivity index (χ0v) is 12.6. The summed E-state index contributed by atoms with van der Waals surface area (Å²) >= 11 is 6.27. The Morgan fingerprint density at radius 1 is 1.00 bits per heavy atom. The first-order chi connectivity index (χ1) is 10.3. The summed E-state index contributed by atoms with van der Waals surface area (Å²) in [6, 6.07) is 12.0. The van der Waals surface area contributed by atoms with Crippen LogP contribution in [-0.2, 0) is 6.54 Å². The van der Waals surface area contributed by atoms with Crippen LogP contribution in [0.3, 0.4) is 0 Å². The largest absolute Gasteiger partial charge is 0.367 e. The summed E-state index contributed by atoms with van der Waals surface area (Å²) in [7, 11) is 0. The normalized spacial score (nSPS) is 15.3. The molecule has 1 fully saturated rings. The van der Waals surface area contributed by atoms with Gasteiger partial charge >= 0.3 is 0 Å². The van der Waals surface area contributed by atoms with Crippen LogP contribution in [0.1, 0.15) is 5.56 Å². The van der Waals surface area contributed by atoms with E-state index in [0.717, 1.165) is 48.3 Å². The van der Waals surface area contributed by atoms with Gasteiger partial charge in [0.2, 0.25) is 0 Å². The Labute approximate surface area is 130 Å². The SMILES string of the molecule is NCc1cccnc1N1CCN(c2ccccc2Cl)CC1. The molecule has 0 atom stereocenters. The van der Waals surface area contributed by atoms with Gasteiger partial charge in [0.05, 0.1) is 10.7 Å². The van der Waals surface area contributed by atoms with Gasteiger partial charge in [-0.05, 0) is 18.2 Å². The van der Waals surface area contributed by atoms with Crippen LogP contribution in [-0.4, -0.2) is 31.2 Å². The second-order valence-electron chi connectivity index (χ2n) is 5.12. The van der Waals surface area contributed by atoms with Crippen LogP contribution in [0.2, 0.25) is 5.02 Å². The number of benzene rings is 1. The maximum absolute atomic E-state index is 6.27. The Morgan fingerprint density at radius 3 is 2.43 bits per heavy atom. The number of anilines is 2. The van der Waals surface area contributed by atoms with E-state index in [0.29, 0.717) is 6.54 Å². The maximum atomic E-state index is 6.27. The van der Waals surface area contributed by atoms with Gasteiger partial charge in [0.1, 0.15) is 5.82 Å². The van der Waals surface area contributed by atoms with E-state index in [1.54, 1.807) is 0 Å². The Hall–Kier alpha value is -1.78. The van der Waals surface area contributed by atoms with Crippen LogP contribution >= 0.6 is 11.6 Å². The van der Waals surface area contributed by atoms with Gasteiger partial charge in [-0.25, -0.2) is 4.98 Å². The number of piperazine rings is 1. The van der Waals surface area contributed by atoms with Crippen molar-refractivity contribution in [2.24, 2.45) is 5.73 Å². The van der Waals surface area contributed by atoms with E-state index < -0.39 is 0 Å². The molecule has 2 aromatic rings. The lowest BCUT2D eigenvalue weighted by Crippen LogP contribution is -2.47. The summed E-state index contributed by atoms with van der Waals surface area (Å²) < 4.78 is 0. The molecule has 0 aliphatic carbocycles. The molecule has 0 amide bonds. The highest BCUT2D eigenvalue weighted by Crippen LogP contribution is 2.27. The highest BCUT2D eigenvalue weighted by molar-refractivity contribution is 6.33. The molecular weight excluding hydrogens is 284 g/mol. The van der Waals surface area contributed by atoms with E-state index >= 15 is 0 Å². The number of para-hydroxylation sites is 1. The summed E-state index contributed by atoms with van der Waals surface area (Å²) in [6.07, 6.45) is 1.83. The lowest BCUT2D eigenvalue weighted by molar-refractivity contribution is 0.644. The smallest absolute Gasteiger partial charge is 0.133 e. The minimum absolute atomic E-state index is 0.522. The first-order valence-electron chi connectivity index (χ1n) is 7.18. The van der Waals surface area contributed by atoms with Crippen LogP contribution in [0, 0.1) is 0 Å². The van der Waals surface area contributed by atoms with Gasteiger partial charge in [-0.1, -0.05) is 29.8 Å². The van der Waals surface area contributed by atoms with Gasteiger partial charge < -0.3 is 15.5 Å². The average molecular weight is 303 g/mol. The summed E-state index contributed by atoms with van der Waals surface area (Å²) in [6.45, 7) is 4.24. The van der Waals surface area contributed by atoms with E-state index in [4.69, 9.17) is 17.3 Å². The van der Waals surface area contributed by atoms with Crippen molar-refractivity contribution in [1.29, 1.82) is 0 Å². The van der Waals surface area contributed by atoms with E-state index in [1.807, 2.05) is 36.5 Å². The Morgan fingerprint density at radius 2 is 1.71 bits per heavy atom. The van der Waals surface area contributed by atoms with Crippen molar-refractivity contribution in [2.75, 3.05) is 36.0 Å². The monoisotopic (exact) mass is 302 g/mol. The zero-order valence-electron chi connectivity index (χ0n) is 11.9. The first-order valence-corrected chi connectivity index (χ1v) is 7.56. The number of nitrogens with zero attached hydrogens (tertiary/aromatic N) is 3. The third kappa shape index (κ3) is 2.96. The van der Waals surface area contributed by atoms with Crippen molar-refractivity contribution in [3.63, 3.8) is 0 Å². The molecule has 3 rings (SSSR count). The van der Waals surface area contributed by atoms with E-state index in [1.165, 1.54) is 0 Å². The number of rotatable bonds is 3. The number of halogens is 1. The second-order valence-corrected chi connectivity index (χ2v) is 5.52. The number of nitrogens with two attached hydrogens (primary N) is 1. The molecule has 1 saturated heterocycles. The highest BCUT2D eigenvalue weighted by Gasteiger charge is 2.20. The fourth-order valence-corrected chi connectivity index (χ4v) is 3.00. The average Bonchev–Trinajstić information content (AvgIpc) is 2.55. The van der Waals surface area contributed by atoms with Crippen LogP contribution < -0.4 is 15.5 Å².